The van der Waals surface area contributed by atoms with Crippen molar-refractivity contribution in [3.63, 3.8) is 0 Å². The van der Waals surface area contributed by atoms with E-state index in [1.165, 1.54) is 6.42 Å². The van der Waals surface area contributed by atoms with Crippen LogP contribution >= 0.6 is 0 Å². The van der Waals surface area contributed by atoms with Crippen LogP contribution in [0, 0.1) is 11.3 Å². The summed E-state index contributed by atoms with van der Waals surface area (Å²) >= 11 is 0. The Morgan fingerprint density at radius 2 is 2.27 bits per heavy atom. The maximum atomic E-state index is 10.8. The first-order valence-electron chi connectivity index (χ1n) is 5.37. The largest absolute Gasteiger partial charge is 0.349 e. The number of aldehydes is 1. The summed E-state index contributed by atoms with van der Waals surface area (Å²) in [6.45, 7) is 7.05. The number of likely N-dealkylation sites (tertiary alicyclic amines) is 1. The van der Waals surface area contributed by atoms with E-state index in [1.807, 2.05) is 0 Å². The number of carbonyl (C=O) groups is 2. The number of nitrogens with one attached hydrogen (secondary N) is 1. The molecule has 86 valence electrons. The number of amides is 1. The standard InChI is InChI=1S/C11H20N2O2/c1-11(2,8-12-10(15)7-14)9-4-5-13(3)6-9/h7,9H,4-6,8H2,1-3H3,(H,12,15). The quantitative estimate of drug-likeness (QED) is 0.538. The zero-order valence-electron chi connectivity index (χ0n) is 9.75. The fourth-order valence-electron chi connectivity index (χ4n) is 2.07. The number of hydrogen-bond donors (Lipinski definition) is 1. The molecular weight excluding hydrogens is 192 g/mol. The summed E-state index contributed by atoms with van der Waals surface area (Å²) in [7, 11) is 2.11. The molecule has 15 heavy (non-hydrogen) atoms. The third-order valence-electron chi connectivity index (χ3n) is 3.32. The van der Waals surface area contributed by atoms with Crippen LogP contribution in [-0.4, -0.2) is 43.8 Å². The number of carbonyl (C=O) groups excluding carboxylic acids is 2. The lowest BCUT2D eigenvalue weighted by molar-refractivity contribution is -0.131. The van der Waals surface area contributed by atoms with Gasteiger partial charge in [-0.05, 0) is 31.3 Å². The van der Waals surface area contributed by atoms with Crippen molar-refractivity contribution in [1.82, 2.24) is 10.2 Å². The maximum Gasteiger partial charge on any atom is 0.284 e. The van der Waals surface area contributed by atoms with Gasteiger partial charge in [0.25, 0.3) is 5.91 Å². The highest BCUT2D eigenvalue weighted by molar-refractivity contribution is 6.23. The highest BCUT2D eigenvalue weighted by Crippen LogP contribution is 2.32. The van der Waals surface area contributed by atoms with Crippen LogP contribution in [-0.2, 0) is 9.59 Å². The Bertz CT molecular complexity index is 251. The molecule has 1 heterocycles. The van der Waals surface area contributed by atoms with Gasteiger partial charge >= 0.3 is 0 Å². The molecule has 0 radical (unpaired) electrons. The van der Waals surface area contributed by atoms with Crippen molar-refractivity contribution in [1.29, 1.82) is 0 Å². The highest BCUT2D eigenvalue weighted by Gasteiger charge is 2.33. The third kappa shape index (κ3) is 3.30. The van der Waals surface area contributed by atoms with E-state index in [2.05, 4.69) is 31.1 Å². The van der Waals surface area contributed by atoms with E-state index in [4.69, 9.17) is 0 Å². The Morgan fingerprint density at radius 1 is 1.60 bits per heavy atom. The van der Waals surface area contributed by atoms with E-state index in [9.17, 15) is 9.59 Å². The zero-order chi connectivity index (χ0) is 11.5. The fourth-order valence-corrected chi connectivity index (χ4v) is 2.07. The molecule has 1 fully saturated rings. The Labute approximate surface area is 91.0 Å². The van der Waals surface area contributed by atoms with Crippen LogP contribution < -0.4 is 5.32 Å². The molecular formula is C11H20N2O2. The van der Waals surface area contributed by atoms with Crippen molar-refractivity contribution in [2.45, 2.75) is 20.3 Å². The van der Waals surface area contributed by atoms with E-state index >= 15 is 0 Å². The van der Waals surface area contributed by atoms with Crippen LogP contribution in [0.2, 0.25) is 0 Å². The lowest BCUT2D eigenvalue weighted by Crippen LogP contribution is -2.39. The Hall–Kier alpha value is -0.900. The van der Waals surface area contributed by atoms with E-state index < -0.39 is 5.91 Å². The summed E-state index contributed by atoms with van der Waals surface area (Å²) in [5.74, 6) is 0.0730. The minimum Gasteiger partial charge on any atom is -0.349 e. The molecule has 1 N–H and O–H groups in total. The summed E-state index contributed by atoms with van der Waals surface area (Å²) in [5, 5.41) is 2.64. The van der Waals surface area contributed by atoms with Crippen molar-refractivity contribution in [3.05, 3.63) is 0 Å². The molecule has 0 aromatic rings. The van der Waals surface area contributed by atoms with Gasteiger partial charge in [0, 0.05) is 13.1 Å². The van der Waals surface area contributed by atoms with Gasteiger partial charge in [-0.2, -0.15) is 0 Å². The SMILES string of the molecule is CN1CCC(C(C)(C)CNC(=O)C=O)C1. The molecule has 0 aliphatic carbocycles. The van der Waals surface area contributed by atoms with Gasteiger partial charge in [-0.25, -0.2) is 0 Å². The molecule has 4 heteroatoms. The van der Waals surface area contributed by atoms with Gasteiger partial charge < -0.3 is 10.2 Å². The van der Waals surface area contributed by atoms with Gasteiger partial charge in [0.05, 0.1) is 0 Å². The van der Waals surface area contributed by atoms with Crippen molar-refractivity contribution >= 4 is 12.2 Å². The molecule has 0 aromatic heterocycles. The minimum absolute atomic E-state index is 0.0590. The number of rotatable bonds is 4. The Kier molecular flexibility index (Phi) is 3.85. The molecule has 0 saturated carbocycles. The van der Waals surface area contributed by atoms with Crippen LogP contribution in [0.1, 0.15) is 20.3 Å². The first kappa shape index (κ1) is 12.2. The summed E-state index contributed by atoms with van der Waals surface area (Å²) in [5.41, 5.74) is 0.0590. The predicted octanol–water partition coefficient (Wildman–Crippen LogP) is 0.279. The normalized spacial score (nSPS) is 22.7. The molecule has 4 nitrogen and oxygen atoms in total. The molecule has 0 bridgehead atoms. The van der Waals surface area contributed by atoms with Gasteiger partial charge in [0.15, 0.2) is 0 Å². The van der Waals surface area contributed by atoms with Gasteiger partial charge in [-0.15, -0.1) is 0 Å². The predicted molar refractivity (Wildman–Crippen MR) is 58.5 cm³/mol. The maximum absolute atomic E-state index is 10.8. The topological polar surface area (TPSA) is 49.4 Å². The van der Waals surface area contributed by atoms with Gasteiger partial charge in [0.2, 0.25) is 6.29 Å². The summed E-state index contributed by atoms with van der Waals surface area (Å²) in [6, 6.07) is 0. The second kappa shape index (κ2) is 4.75. The molecule has 1 aliphatic heterocycles. The first-order chi connectivity index (χ1) is 6.95. The minimum atomic E-state index is -0.519. The Morgan fingerprint density at radius 3 is 2.73 bits per heavy atom. The third-order valence-corrected chi connectivity index (χ3v) is 3.32. The van der Waals surface area contributed by atoms with Crippen LogP contribution in [0.4, 0.5) is 0 Å². The van der Waals surface area contributed by atoms with E-state index in [0.717, 1.165) is 13.1 Å². The average Bonchev–Trinajstić information content (AvgIpc) is 2.62. The van der Waals surface area contributed by atoms with E-state index in [0.29, 0.717) is 18.7 Å². The molecule has 1 rings (SSSR count). The molecule has 1 atom stereocenters. The molecule has 1 unspecified atom stereocenters. The molecule has 1 saturated heterocycles. The van der Waals surface area contributed by atoms with E-state index in [-0.39, 0.29) is 5.41 Å². The molecule has 0 spiro atoms. The number of nitrogens with zero attached hydrogens (tertiary/aromatic N) is 1. The van der Waals surface area contributed by atoms with Crippen LogP contribution in [0.3, 0.4) is 0 Å². The van der Waals surface area contributed by atoms with Gasteiger partial charge in [0.1, 0.15) is 0 Å². The second-order valence-electron chi connectivity index (χ2n) is 5.07. The molecule has 1 aliphatic rings. The van der Waals surface area contributed by atoms with Crippen molar-refractivity contribution in [2.75, 3.05) is 26.7 Å². The van der Waals surface area contributed by atoms with Crippen molar-refractivity contribution < 1.29 is 9.59 Å². The second-order valence-corrected chi connectivity index (χ2v) is 5.07. The smallest absolute Gasteiger partial charge is 0.284 e. The summed E-state index contributed by atoms with van der Waals surface area (Å²) in [4.78, 5) is 23.3. The molecule has 0 aromatic carbocycles. The first-order valence-corrected chi connectivity index (χ1v) is 5.37. The number of hydrogen-bond acceptors (Lipinski definition) is 3. The lowest BCUT2D eigenvalue weighted by Gasteiger charge is -2.31. The van der Waals surface area contributed by atoms with Gasteiger partial charge in [-0.3, -0.25) is 9.59 Å². The monoisotopic (exact) mass is 212 g/mol. The average molecular weight is 212 g/mol. The lowest BCUT2D eigenvalue weighted by atomic mass is 9.78. The molecule has 1 amide bonds. The van der Waals surface area contributed by atoms with Crippen LogP contribution in [0.15, 0.2) is 0 Å². The zero-order valence-corrected chi connectivity index (χ0v) is 9.75. The van der Waals surface area contributed by atoms with Crippen molar-refractivity contribution in [2.24, 2.45) is 11.3 Å². The van der Waals surface area contributed by atoms with Crippen LogP contribution in [0.25, 0.3) is 0 Å². The van der Waals surface area contributed by atoms with Gasteiger partial charge in [-0.1, -0.05) is 13.8 Å². The summed E-state index contributed by atoms with van der Waals surface area (Å²) in [6.07, 6.45) is 1.50. The highest BCUT2D eigenvalue weighted by atomic mass is 16.2. The van der Waals surface area contributed by atoms with Crippen molar-refractivity contribution in [3.8, 4) is 0 Å². The van der Waals surface area contributed by atoms with Crippen LogP contribution in [0.5, 0.6) is 0 Å². The summed E-state index contributed by atoms with van der Waals surface area (Å²) < 4.78 is 0. The van der Waals surface area contributed by atoms with E-state index in [1.54, 1.807) is 0 Å². The Balaban J connectivity index is 2.44. The fraction of sp³-hybridized carbons (Fsp3) is 0.818.